The zero-order valence-corrected chi connectivity index (χ0v) is 26.7. The SMILES string of the molecule is CCCc1c(CSC)cc(C(C)(C)C)cc1C1(C)CC2CC(C)(C)CC(C)(C2)C1.CCc1ccccc1. The molecule has 1 heteroatoms. The van der Waals surface area contributed by atoms with E-state index >= 15 is 0 Å². The minimum absolute atomic E-state index is 0.208. The van der Waals surface area contributed by atoms with Crippen molar-refractivity contribution in [1.82, 2.24) is 0 Å². The van der Waals surface area contributed by atoms with E-state index in [1.807, 2.05) is 17.8 Å². The number of thioether (sulfide) groups is 1. The second-order valence-electron chi connectivity index (χ2n) is 14.8. The van der Waals surface area contributed by atoms with Gasteiger partial charge in [-0.1, -0.05) is 111 Å². The van der Waals surface area contributed by atoms with Crippen molar-refractivity contribution in [1.29, 1.82) is 0 Å². The number of aryl methyl sites for hydroxylation is 1. The molecule has 0 aromatic heterocycles. The predicted octanol–water partition coefficient (Wildman–Crippen LogP) is 10.9. The summed E-state index contributed by atoms with van der Waals surface area (Å²) < 4.78 is 0. The minimum Gasteiger partial charge on any atom is -0.161 e. The molecule has 2 fully saturated rings. The van der Waals surface area contributed by atoms with Crippen molar-refractivity contribution in [2.45, 2.75) is 130 Å². The molecule has 2 aliphatic carbocycles. The summed E-state index contributed by atoms with van der Waals surface area (Å²) in [5.41, 5.74) is 9.53. The summed E-state index contributed by atoms with van der Waals surface area (Å²) in [6.07, 6.45) is 12.9. The quantitative estimate of drug-likeness (QED) is 0.365. The highest BCUT2D eigenvalue weighted by atomic mass is 32.2. The van der Waals surface area contributed by atoms with E-state index in [0.717, 1.165) is 18.1 Å². The van der Waals surface area contributed by atoms with Crippen LogP contribution in [-0.4, -0.2) is 6.26 Å². The molecule has 4 rings (SSSR count). The normalized spacial score (nSPS) is 26.8. The Labute approximate surface area is 234 Å². The molecule has 2 saturated carbocycles. The van der Waals surface area contributed by atoms with Gasteiger partial charge in [0.05, 0.1) is 0 Å². The summed E-state index contributed by atoms with van der Waals surface area (Å²) in [4.78, 5) is 0. The van der Waals surface area contributed by atoms with Crippen LogP contribution in [0.25, 0.3) is 0 Å². The van der Waals surface area contributed by atoms with Crippen molar-refractivity contribution < 1.29 is 0 Å². The third-order valence-corrected chi connectivity index (χ3v) is 9.59. The predicted molar refractivity (Wildman–Crippen MR) is 168 cm³/mol. The van der Waals surface area contributed by atoms with Gasteiger partial charge in [0.15, 0.2) is 0 Å². The third kappa shape index (κ3) is 7.68. The topological polar surface area (TPSA) is 0 Å². The van der Waals surface area contributed by atoms with Crippen molar-refractivity contribution in [3.63, 3.8) is 0 Å². The Hall–Kier alpha value is -1.21. The van der Waals surface area contributed by atoms with E-state index < -0.39 is 0 Å². The first-order valence-electron chi connectivity index (χ1n) is 14.9. The molecule has 0 radical (unpaired) electrons. The lowest BCUT2D eigenvalue weighted by atomic mass is 9.48. The van der Waals surface area contributed by atoms with Gasteiger partial charge in [0.25, 0.3) is 0 Å². The molecule has 2 aromatic carbocycles. The van der Waals surface area contributed by atoms with Gasteiger partial charge < -0.3 is 0 Å². The van der Waals surface area contributed by atoms with Crippen LogP contribution in [0.15, 0.2) is 42.5 Å². The van der Waals surface area contributed by atoms with E-state index in [1.165, 1.54) is 50.5 Å². The summed E-state index contributed by atoms with van der Waals surface area (Å²) in [6.45, 7) is 21.9. The Bertz CT molecular complexity index is 1010. The van der Waals surface area contributed by atoms with E-state index in [1.54, 1.807) is 22.3 Å². The van der Waals surface area contributed by atoms with Gasteiger partial charge in [0.1, 0.15) is 0 Å². The molecule has 2 bridgehead atoms. The molecule has 0 N–H and O–H groups in total. The van der Waals surface area contributed by atoms with Crippen LogP contribution in [0.4, 0.5) is 0 Å². The molecule has 2 aliphatic rings. The average molecular weight is 521 g/mol. The maximum atomic E-state index is 2.64. The largest absolute Gasteiger partial charge is 0.161 e. The van der Waals surface area contributed by atoms with Crippen LogP contribution in [0.2, 0.25) is 0 Å². The molecular weight excluding hydrogens is 464 g/mol. The Balaban J connectivity index is 0.000000405. The van der Waals surface area contributed by atoms with E-state index in [-0.39, 0.29) is 5.41 Å². The first-order chi connectivity index (χ1) is 17.2. The van der Waals surface area contributed by atoms with Gasteiger partial charge in [-0.25, -0.2) is 0 Å². The molecule has 0 spiro atoms. The summed E-state index contributed by atoms with van der Waals surface area (Å²) in [5, 5.41) is 0. The van der Waals surface area contributed by atoms with Crippen molar-refractivity contribution in [3.05, 3.63) is 70.3 Å². The smallest absolute Gasteiger partial charge is 0.0184 e. The monoisotopic (exact) mass is 520 g/mol. The van der Waals surface area contributed by atoms with Crippen molar-refractivity contribution in [3.8, 4) is 0 Å². The van der Waals surface area contributed by atoms with Gasteiger partial charge in [-0.3, -0.25) is 0 Å². The first kappa shape index (κ1) is 30.3. The molecule has 0 amide bonds. The van der Waals surface area contributed by atoms with Gasteiger partial charge in [0.2, 0.25) is 0 Å². The minimum atomic E-state index is 0.208. The van der Waals surface area contributed by atoms with Crippen LogP contribution in [0.5, 0.6) is 0 Å². The number of hydrogen-bond donors (Lipinski definition) is 0. The van der Waals surface area contributed by atoms with Crippen molar-refractivity contribution in [2.75, 3.05) is 6.26 Å². The second-order valence-corrected chi connectivity index (χ2v) is 15.7. The van der Waals surface area contributed by atoms with Crippen LogP contribution in [-0.2, 0) is 29.4 Å². The maximum absolute atomic E-state index is 2.64. The fraction of sp³-hybridized carbons (Fsp3) is 0.667. The molecule has 0 saturated heterocycles. The number of hydrogen-bond acceptors (Lipinski definition) is 1. The fourth-order valence-electron chi connectivity index (χ4n) is 8.23. The van der Waals surface area contributed by atoms with Crippen molar-refractivity contribution >= 4 is 11.8 Å². The van der Waals surface area contributed by atoms with Gasteiger partial charge in [-0.05, 0) is 107 Å². The lowest BCUT2D eigenvalue weighted by Crippen LogP contribution is -2.47. The van der Waals surface area contributed by atoms with Gasteiger partial charge >= 0.3 is 0 Å². The lowest BCUT2D eigenvalue weighted by Gasteiger charge is -2.56. The molecule has 3 atom stereocenters. The zero-order valence-electron chi connectivity index (χ0n) is 25.9. The van der Waals surface area contributed by atoms with E-state index in [0.29, 0.717) is 16.2 Å². The molecule has 0 aliphatic heterocycles. The third-order valence-electron chi connectivity index (χ3n) is 8.99. The first-order valence-corrected chi connectivity index (χ1v) is 16.3. The Morgan fingerprint density at radius 3 is 2.08 bits per heavy atom. The van der Waals surface area contributed by atoms with Gasteiger partial charge in [-0.15, -0.1) is 0 Å². The number of benzene rings is 2. The van der Waals surface area contributed by atoms with Gasteiger partial charge in [-0.2, -0.15) is 11.8 Å². The van der Waals surface area contributed by atoms with Gasteiger partial charge in [0, 0.05) is 5.75 Å². The van der Waals surface area contributed by atoms with Crippen molar-refractivity contribution in [2.24, 2.45) is 16.7 Å². The summed E-state index contributed by atoms with van der Waals surface area (Å²) in [6, 6.07) is 15.6. The van der Waals surface area contributed by atoms with E-state index in [9.17, 15) is 0 Å². The fourth-order valence-corrected chi connectivity index (χ4v) is 8.80. The summed E-state index contributed by atoms with van der Waals surface area (Å²) in [5.74, 6) is 2.04. The summed E-state index contributed by atoms with van der Waals surface area (Å²) in [7, 11) is 0. The van der Waals surface area contributed by atoms with Crippen LogP contribution in [0, 0.1) is 16.7 Å². The highest BCUT2D eigenvalue weighted by molar-refractivity contribution is 7.97. The lowest BCUT2D eigenvalue weighted by molar-refractivity contribution is -0.0211. The molecule has 0 heterocycles. The van der Waals surface area contributed by atoms with Crippen LogP contribution in [0.3, 0.4) is 0 Å². The molecule has 2 aromatic rings. The molecule has 37 heavy (non-hydrogen) atoms. The molecule has 206 valence electrons. The Morgan fingerprint density at radius 1 is 0.892 bits per heavy atom. The Morgan fingerprint density at radius 2 is 1.57 bits per heavy atom. The highest BCUT2D eigenvalue weighted by Gasteiger charge is 2.51. The van der Waals surface area contributed by atoms with E-state index in [4.69, 9.17) is 0 Å². The van der Waals surface area contributed by atoms with Crippen LogP contribution < -0.4 is 0 Å². The van der Waals surface area contributed by atoms with E-state index in [2.05, 4.69) is 105 Å². The zero-order chi connectivity index (χ0) is 27.5. The Kier molecular flexibility index (Phi) is 9.75. The average Bonchev–Trinajstić information content (AvgIpc) is 2.78. The van der Waals surface area contributed by atoms with Crippen LogP contribution >= 0.6 is 11.8 Å². The number of rotatable bonds is 6. The maximum Gasteiger partial charge on any atom is 0.0184 e. The standard InChI is InChI=1S/C28H46S.C8H10/c1-10-11-23-21(17-29-9)12-22(25(2,3)4)13-24(23)28(8)16-20-14-26(5,6)18-27(7,15-20)19-28;1-2-8-6-4-3-5-7-8/h12-13,20H,10-11,14-19H2,1-9H3;3-7H,2H2,1H3. The molecule has 3 unspecified atom stereocenters. The highest BCUT2D eigenvalue weighted by Crippen LogP contribution is 2.61. The molecule has 0 nitrogen and oxygen atoms in total. The number of fused-ring (bicyclic) bond motifs is 2. The van der Waals surface area contributed by atoms with Crippen LogP contribution in [0.1, 0.15) is 129 Å². The summed E-state index contributed by atoms with van der Waals surface area (Å²) >= 11 is 1.98. The second kappa shape index (κ2) is 11.9. The molecular formula is C36H56S.